The summed E-state index contributed by atoms with van der Waals surface area (Å²) >= 11 is 0. The molecular formula is C7H13N3. The molecule has 0 atom stereocenters. The Kier molecular flexibility index (Phi) is 2.42. The van der Waals surface area contributed by atoms with Gasteiger partial charge < -0.3 is 4.90 Å². The van der Waals surface area contributed by atoms with E-state index in [1.807, 2.05) is 0 Å². The van der Waals surface area contributed by atoms with Gasteiger partial charge in [-0.05, 0) is 0 Å². The fourth-order valence-electron chi connectivity index (χ4n) is 0.962. The van der Waals surface area contributed by atoms with Crippen LogP contribution in [-0.4, -0.2) is 37.2 Å². The number of aliphatic imine (C=N–C) groups is 2. The summed E-state index contributed by atoms with van der Waals surface area (Å²) in [5, 5.41) is 0. The number of hydrogen-bond acceptors (Lipinski definition) is 3. The van der Waals surface area contributed by atoms with Gasteiger partial charge in [0.1, 0.15) is 12.2 Å². The van der Waals surface area contributed by atoms with Crippen LogP contribution >= 0.6 is 0 Å². The lowest BCUT2D eigenvalue weighted by Gasteiger charge is -2.16. The lowest BCUT2D eigenvalue weighted by atomic mass is 10.4. The van der Waals surface area contributed by atoms with Crippen LogP contribution in [0, 0.1) is 0 Å². The second-order valence-corrected chi connectivity index (χ2v) is 2.34. The monoisotopic (exact) mass is 139 g/mol. The summed E-state index contributed by atoms with van der Waals surface area (Å²) in [6.07, 6.45) is 2.64. The summed E-state index contributed by atoms with van der Waals surface area (Å²) in [6.45, 7) is 3.96. The second kappa shape index (κ2) is 3.34. The predicted molar refractivity (Wildman–Crippen MR) is 43.7 cm³/mol. The van der Waals surface area contributed by atoms with E-state index in [9.17, 15) is 0 Å². The molecular weight excluding hydrogens is 126 g/mol. The molecule has 0 bridgehead atoms. The summed E-state index contributed by atoms with van der Waals surface area (Å²) in [7, 11) is 2.05. The lowest BCUT2D eigenvalue weighted by Crippen LogP contribution is -2.27. The van der Waals surface area contributed by atoms with Crippen LogP contribution in [0.15, 0.2) is 9.98 Å². The molecule has 0 aliphatic carbocycles. The van der Waals surface area contributed by atoms with E-state index >= 15 is 0 Å². The van der Waals surface area contributed by atoms with Gasteiger partial charge in [-0.3, -0.25) is 4.99 Å². The first-order valence-corrected chi connectivity index (χ1v) is 3.60. The maximum Gasteiger partial charge on any atom is 0.112 e. The minimum absolute atomic E-state index is 0.865. The summed E-state index contributed by atoms with van der Waals surface area (Å²) < 4.78 is 0. The van der Waals surface area contributed by atoms with Crippen LogP contribution in [0.5, 0.6) is 0 Å². The van der Waals surface area contributed by atoms with E-state index in [4.69, 9.17) is 0 Å². The minimum atomic E-state index is 0.865. The highest BCUT2D eigenvalue weighted by molar-refractivity contribution is 5.88. The number of rotatable bonds is 1. The topological polar surface area (TPSA) is 28.0 Å². The van der Waals surface area contributed by atoms with Crippen LogP contribution in [0.2, 0.25) is 0 Å². The molecule has 0 saturated heterocycles. The Morgan fingerprint density at radius 2 is 2.50 bits per heavy atom. The van der Waals surface area contributed by atoms with Crippen LogP contribution < -0.4 is 0 Å². The smallest absolute Gasteiger partial charge is 0.112 e. The molecule has 3 heteroatoms. The van der Waals surface area contributed by atoms with Crippen molar-refractivity contribution in [3.63, 3.8) is 0 Å². The van der Waals surface area contributed by atoms with Gasteiger partial charge in [-0.25, -0.2) is 4.99 Å². The summed E-state index contributed by atoms with van der Waals surface area (Å²) in [4.78, 5) is 10.4. The Balaban J connectivity index is 2.63. The fourth-order valence-corrected chi connectivity index (χ4v) is 0.962. The van der Waals surface area contributed by atoms with E-state index in [2.05, 4.69) is 28.9 Å². The minimum Gasteiger partial charge on any atom is -0.361 e. The molecule has 0 N–H and O–H groups in total. The van der Waals surface area contributed by atoms with Gasteiger partial charge in [0, 0.05) is 20.0 Å². The van der Waals surface area contributed by atoms with Crippen LogP contribution in [0.3, 0.4) is 0 Å². The first kappa shape index (κ1) is 7.25. The highest BCUT2D eigenvalue weighted by Crippen LogP contribution is 1.95. The third kappa shape index (κ3) is 1.56. The van der Waals surface area contributed by atoms with Gasteiger partial charge in [0.15, 0.2) is 0 Å². The number of amidine groups is 1. The Labute approximate surface area is 61.5 Å². The van der Waals surface area contributed by atoms with Crippen LogP contribution in [-0.2, 0) is 0 Å². The zero-order chi connectivity index (χ0) is 7.40. The van der Waals surface area contributed by atoms with Crippen molar-refractivity contribution in [2.75, 3.05) is 20.1 Å². The van der Waals surface area contributed by atoms with Crippen molar-refractivity contribution in [3.8, 4) is 0 Å². The third-order valence-corrected chi connectivity index (χ3v) is 1.61. The average Bonchev–Trinajstić information content (AvgIpc) is 2.13. The van der Waals surface area contributed by atoms with Gasteiger partial charge in [0.05, 0.1) is 6.54 Å². The van der Waals surface area contributed by atoms with E-state index in [1.54, 1.807) is 6.34 Å². The molecule has 1 aliphatic heterocycles. The number of likely N-dealkylation sites (N-methyl/N-ethyl adjacent to an activating group) is 1. The SMILES string of the molecule is CCC1=NC=NCCN1C. The zero-order valence-corrected chi connectivity index (χ0v) is 6.54. The van der Waals surface area contributed by atoms with Gasteiger partial charge in [-0.1, -0.05) is 6.92 Å². The maximum atomic E-state index is 4.17. The molecule has 0 aromatic heterocycles. The maximum absolute atomic E-state index is 4.17. The van der Waals surface area contributed by atoms with Crippen molar-refractivity contribution in [3.05, 3.63) is 0 Å². The number of hydrogen-bond donors (Lipinski definition) is 0. The Morgan fingerprint density at radius 3 is 3.20 bits per heavy atom. The quantitative estimate of drug-likeness (QED) is 0.527. The average molecular weight is 139 g/mol. The Bertz CT molecular complexity index is 160. The molecule has 0 aromatic rings. The molecule has 56 valence electrons. The third-order valence-electron chi connectivity index (χ3n) is 1.61. The number of nitrogens with zero attached hydrogens (tertiary/aromatic N) is 3. The van der Waals surface area contributed by atoms with E-state index in [1.165, 1.54) is 0 Å². The first-order chi connectivity index (χ1) is 4.84. The van der Waals surface area contributed by atoms with Crippen molar-refractivity contribution >= 4 is 12.2 Å². The van der Waals surface area contributed by atoms with E-state index < -0.39 is 0 Å². The Morgan fingerprint density at radius 1 is 1.70 bits per heavy atom. The highest BCUT2D eigenvalue weighted by Gasteiger charge is 2.03. The molecule has 0 aromatic carbocycles. The van der Waals surface area contributed by atoms with Crippen LogP contribution in [0.1, 0.15) is 13.3 Å². The van der Waals surface area contributed by atoms with E-state index in [0.29, 0.717) is 0 Å². The van der Waals surface area contributed by atoms with Gasteiger partial charge in [0.2, 0.25) is 0 Å². The fraction of sp³-hybridized carbons (Fsp3) is 0.714. The molecule has 1 rings (SSSR count). The van der Waals surface area contributed by atoms with E-state index in [-0.39, 0.29) is 0 Å². The van der Waals surface area contributed by atoms with E-state index in [0.717, 1.165) is 25.3 Å². The zero-order valence-electron chi connectivity index (χ0n) is 6.54. The summed E-state index contributed by atoms with van der Waals surface area (Å²) in [5.74, 6) is 1.13. The van der Waals surface area contributed by atoms with Crippen molar-refractivity contribution in [2.45, 2.75) is 13.3 Å². The molecule has 0 unspecified atom stereocenters. The molecule has 10 heavy (non-hydrogen) atoms. The van der Waals surface area contributed by atoms with Crippen LogP contribution in [0.4, 0.5) is 0 Å². The largest absolute Gasteiger partial charge is 0.361 e. The van der Waals surface area contributed by atoms with Crippen molar-refractivity contribution in [2.24, 2.45) is 9.98 Å². The summed E-state index contributed by atoms with van der Waals surface area (Å²) in [6, 6.07) is 0. The summed E-state index contributed by atoms with van der Waals surface area (Å²) in [5.41, 5.74) is 0. The van der Waals surface area contributed by atoms with Gasteiger partial charge in [-0.2, -0.15) is 0 Å². The standard InChI is InChI=1S/C7H13N3/c1-3-7-9-6-8-4-5-10(7)2/h6H,3-5H2,1-2H3. The molecule has 0 fully saturated rings. The molecule has 1 heterocycles. The van der Waals surface area contributed by atoms with Gasteiger partial charge in [0.25, 0.3) is 0 Å². The molecule has 0 amide bonds. The molecule has 0 radical (unpaired) electrons. The second-order valence-electron chi connectivity index (χ2n) is 2.34. The molecule has 1 aliphatic rings. The molecule has 0 spiro atoms. The highest BCUT2D eigenvalue weighted by atomic mass is 15.2. The van der Waals surface area contributed by atoms with Crippen molar-refractivity contribution < 1.29 is 0 Å². The lowest BCUT2D eigenvalue weighted by molar-refractivity contribution is 0.511. The first-order valence-electron chi connectivity index (χ1n) is 3.60. The van der Waals surface area contributed by atoms with Crippen LogP contribution in [0.25, 0.3) is 0 Å². The van der Waals surface area contributed by atoms with Crippen molar-refractivity contribution in [1.29, 1.82) is 0 Å². The van der Waals surface area contributed by atoms with Gasteiger partial charge >= 0.3 is 0 Å². The van der Waals surface area contributed by atoms with Crippen molar-refractivity contribution in [1.82, 2.24) is 4.90 Å². The Hall–Kier alpha value is -0.860. The molecule has 0 saturated carbocycles. The normalized spacial score (nSPS) is 18.6. The van der Waals surface area contributed by atoms with Gasteiger partial charge in [-0.15, -0.1) is 0 Å². The predicted octanol–water partition coefficient (Wildman–Crippen LogP) is 0.769. The molecule has 3 nitrogen and oxygen atoms in total.